The zero-order valence-electron chi connectivity index (χ0n) is 11.0. The summed E-state index contributed by atoms with van der Waals surface area (Å²) in [7, 11) is 0. The van der Waals surface area contributed by atoms with Crippen LogP contribution in [0.1, 0.15) is 33.6 Å². The molecule has 0 aliphatic heterocycles. The minimum absolute atomic E-state index is 0.0200. The fourth-order valence-corrected chi connectivity index (χ4v) is 1.66. The second-order valence-electron chi connectivity index (χ2n) is 4.01. The Balaban J connectivity index is 3.61. The SMILES string of the molecule is CCC(CN)C(=O)NCCCN(CC)CC. The highest BCUT2D eigenvalue weighted by molar-refractivity contribution is 5.78. The molecule has 0 spiro atoms. The lowest BCUT2D eigenvalue weighted by Gasteiger charge is -2.18. The molecule has 0 aromatic carbocycles. The van der Waals surface area contributed by atoms with Crippen molar-refractivity contribution in [2.75, 3.05) is 32.7 Å². The second kappa shape index (κ2) is 9.60. The highest BCUT2D eigenvalue weighted by Crippen LogP contribution is 1.99. The van der Waals surface area contributed by atoms with Gasteiger partial charge in [-0.3, -0.25) is 4.79 Å². The lowest BCUT2D eigenvalue weighted by atomic mass is 10.1. The molecule has 0 bridgehead atoms. The monoisotopic (exact) mass is 229 g/mol. The molecule has 0 rings (SSSR count). The minimum atomic E-state index is -0.0200. The number of nitrogens with two attached hydrogens (primary N) is 1. The van der Waals surface area contributed by atoms with Crippen molar-refractivity contribution < 1.29 is 4.79 Å². The van der Waals surface area contributed by atoms with Crippen molar-refractivity contribution in [3.8, 4) is 0 Å². The van der Waals surface area contributed by atoms with E-state index in [1.807, 2.05) is 6.92 Å². The summed E-state index contributed by atoms with van der Waals surface area (Å²) >= 11 is 0. The van der Waals surface area contributed by atoms with Crippen LogP contribution in [0.15, 0.2) is 0 Å². The van der Waals surface area contributed by atoms with Crippen molar-refractivity contribution in [3.05, 3.63) is 0 Å². The third kappa shape index (κ3) is 6.08. The smallest absolute Gasteiger partial charge is 0.224 e. The van der Waals surface area contributed by atoms with Gasteiger partial charge in [0.2, 0.25) is 5.91 Å². The number of rotatable bonds is 9. The molecule has 1 unspecified atom stereocenters. The lowest BCUT2D eigenvalue weighted by Crippen LogP contribution is -2.36. The van der Waals surface area contributed by atoms with Gasteiger partial charge < -0.3 is 16.0 Å². The van der Waals surface area contributed by atoms with Crippen LogP contribution in [-0.2, 0) is 4.79 Å². The van der Waals surface area contributed by atoms with Crippen LogP contribution in [0.5, 0.6) is 0 Å². The van der Waals surface area contributed by atoms with Crippen LogP contribution >= 0.6 is 0 Å². The third-order valence-electron chi connectivity index (χ3n) is 2.99. The zero-order valence-corrected chi connectivity index (χ0v) is 11.0. The van der Waals surface area contributed by atoms with E-state index < -0.39 is 0 Å². The Morgan fingerprint density at radius 2 is 1.94 bits per heavy atom. The molecule has 1 atom stereocenters. The van der Waals surface area contributed by atoms with Gasteiger partial charge in [0.25, 0.3) is 0 Å². The molecule has 0 radical (unpaired) electrons. The first-order valence-corrected chi connectivity index (χ1v) is 6.39. The Labute approximate surface area is 99.6 Å². The molecule has 4 nitrogen and oxygen atoms in total. The average Bonchev–Trinajstić information content (AvgIpc) is 2.31. The van der Waals surface area contributed by atoms with Crippen LogP contribution in [0.25, 0.3) is 0 Å². The van der Waals surface area contributed by atoms with Gasteiger partial charge in [0, 0.05) is 19.0 Å². The van der Waals surface area contributed by atoms with Crippen LogP contribution < -0.4 is 11.1 Å². The van der Waals surface area contributed by atoms with Crippen molar-refractivity contribution in [1.29, 1.82) is 0 Å². The van der Waals surface area contributed by atoms with Gasteiger partial charge in [0.05, 0.1) is 0 Å². The summed E-state index contributed by atoms with van der Waals surface area (Å²) < 4.78 is 0. The van der Waals surface area contributed by atoms with Gasteiger partial charge in [-0.2, -0.15) is 0 Å². The van der Waals surface area contributed by atoms with Gasteiger partial charge in [-0.05, 0) is 32.5 Å². The molecule has 0 fully saturated rings. The van der Waals surface area contributed by atoms with Crippen LogP contribution in [0, 0.1) is 5.92 Å². The normalized spacial score (nSPS) is 12.8. The van der Waals surface area contributed by atoms with E-state index in [4.69, 9.17) is 5.73 Å². The number of nitrogens with one attached hydrogen (secondary N) is 1. The van der Waals surface area contributed by atoms with E-state index in [0.29, 0.717) is 6.54 Å². The van der Waals surface area contributed by atoms with Gasteiger partial charge in [-0.25, -0.2) is 0 Å². The number of carbonyl (C=O) groups is 1. The van der Waals surface area contributed by atoms with E-state index in [0.717, 1.165) is 39.0 Å². The molecule has 0 aliphatic carbocycles. The maximum atomic E-state index is 11.6. The standard InChI is InChI=1S/C12H27N3O/c1-4-11(10-13)12(16)14-8-7-9-15(5-2)6-3/h11H,4-10,13H2,1-3H3,(H,14,16). The molecule has 1 amide bonds. The van der Waals surface area contributed by atoms with Crippen LogP contribution in [0.3, 0.4) is 0 Å². The minimum Gasteiger partial charge on any atom is -0.356 e. The Hall–Kier alpha value is -0.610. The Morgan fingerprint density at radius 3 is 2.38 bits per heavy atom. The molecule has 96 valence electrons. The van der Waals surface area contributed by atoms with Crippen molar-refractivity contribution >= 4 is 5.91 Å². The van der Waals surface area contributed by atoms with Crippen molar-refractivity contribution in [1.82, 2.24) is 10.2 Å². The first kappa shape index (κ1) is 15.4. The summed E-state index contributed by atoms with van der Waals surface area (Å²) in [4.78, 5) is 13.9. The van der Waals surface area contributed by atoms with Gasteiger partial charge in [0.15, 0.2) is 0 Å². The molecule has 0 saturated heterocycles. The van der Waals surface area contributed by atoms with E-state index in [9.17, 15) is 4.79 Å². The summed E-state index contributed by atoms with van der Waals surface area (Å²) in [5, 5.41) is 2.94. The van der Waals surface area contributed by atoms with Crippen molar-refractivity contribution in [3.63, 3.8) is 0 Å². The van der Waals surface area contributed by atoms with E-state index in [1.165, 1.54) is 0 Å². The molecule has 0 aromatic rings. The van der Waals surface area contributed by atoms with Crippen LogP contribution in [-0.4, -0.2) is 43.5 Å². The number of hydrogen-bond donors (Lipinski definition) is 2. The molecule has 4 heteroatoms. The second-order valence-corrected chi connectivity index (χ2v) is 4.01. The fourth-order valence-electron chi connectivity index (χ4n) is 1.66. The summed E-state index contributed by atoms with van der Waals surface area (Å²) in [6, 6.07) is 0. The summed E-state index contributed by atoms with van der Waals surface area (Å²) in [6.45, 7) is 10.7. The predicted octanol–water partition coefficient (Wildman–Crippen LogP) is 0.819. The third-order valence-corrected chi connectivity index (χ3v) is 2.99. The number of carbonyl (C=O) groups excluding carboxylic acids is 1. The first-order valence-electron chi connectivity index (χ1n) is 6.39. The summed E-state index contributed by atoms with van der Waals surface area (Å²) in [5.74, 6) is 0.0815. The average molecular weight is 229 g/mol. The Bertz CT molecular complexity index is 177. The molecular formula is C12H27N3O. The lowest BCUT2D eigenvalue weighted by molar-refractivity contribution is -0.124. The van der Waals surface area contributed by atoms with E-state index in [1.54, 1.807) is 0 Å². The van der Waals surface area contributed by atoms with E-state index in [2.05, 4.69) is 24.1 Å². The number of amides is 1. The van der Waals surface area contributed by atoms with Crippen molar-refractivity contribution in [2.24, 2.45) is 11.7 Å². The van der Waals surface area contributed by atoms with Crippen LogP contribution in [0.2, 0.25) is 0 Å². The molecular weight excluding hydrogens is 202 g/mol. The van der Waals surface area contributed by atoms with Gasteiger partial charge in [-0.1, -0.05) is 20.8 Å². The highest BCUT2D eigenvalue weighted by atomic mass is 16.1. The molecule has 0 saturated carbocycles. The Kier molecular flexibility index (Phi) is 9.24. The molecule has 0 heterocycles. The quantitative estimate of drug-likeness (QED) is 0.576. The van der Waals surface area contributed by atoms with Gasteiger partial charge in [0.1, 0.15) is 0 Å². The molecule has 3 N–H and O–H groups in total. The van der Waals surface area contributed by atoms with Gasteiger partial charge >= 0.3 is 0 Å². The van der Waals surface area contributed by atoms with E-state index >= 15 is 0 Å². The summed E-state index contributed by atoms with van der Waals surface area (Å²) in [5.41, 5.74) is 5.51. The number of hydrogen-bond acceptors (Lipinski definition) is 3. The highest BCUT2D eigenvalue weighted by Gasteiger charge is 2.13. The molecule has 0 aromatic heterocycles. The topological polar surface area (TPSA) is 58.4 Å². The zero-order chi connectivity index (χ0) is 12.4. The summed E-state index contributed by atoms with van der Waals surface area (Å²) in [6.07, 6.45) is 1.83. The molecule has 16 heavy (non-hydrogen) atoms. The number of nitrogens with zero attached hydrogens (tertiary/aromatic N) is 1. The molecule has 0 aliphatic rings. The van der Waals surface area contributed by atoms with Gasteiger partial charge in [-0.15, -0.1) is 0 Å². The fraction of sp³-hybridized carbons (Fsp3) is 0.917. The first-order chi connectivity index (χ1) is 7.69. The maximum absolute atomic E-state index is 11.6. The Morgan fingerprint density at radius 1 is 1.31 bits per heavy atom. The largest absolute Gasteiger partial charge is 0.356 e. The van der Waals surface area contributed by atoms with Crippen molar-refractivity contribution in [2.45, 2.75) is 33.6 Å². The maximum Gasteiger partial charge on any atom is 0.224 e. The predicted molar refractivity (Wildman–Crippen MR) is 68.3 cm³/mol. The van der Waals surface area contributed by atoms with E-state index in [-0.39, 0.29) is 11.8 Å². The van der Waals surface area contributed by atoms with Crippen LogP contribution in [0.4, 0.5) is 0 Å².